The van der Waals surface area contributed by atoms with E-state index < -0.39 is 0 Å². The molecule has 2 aliphatic rings. The number of fused-ring (bicyclic) bond motifs is 2. The van der Waals surface area contributed by atoms with E-state index in [1.165, 1.54) is 31.5 Å². The largest absolute Gasteiger partial charge is 0.326 e. The van der Waals surface area contributed by atoms with Crippen LogP contribution >= 0.6 is 0 Å². The van der Waals surface area contributed by atoms with Crippen molar-refractivity contribution < 1.29 is 0 Å². The average Bonchev–Trinajstić information content (AvgIpc) is 2.92. The van der Waals surface area contributed by atoms with Gasteiger partial charge in [-0.05, 0) is 36.8 Å². The minimum atomic E-state index is 0.585. The third-order valence-corrected chi connectivity index (χ3v) is 4.01. The number of piperidine rings is 1. The maximum atomic E-state index is 5.56. The van der Waals surface area contributed by atoms with Crippen molar-refractivity contribution in [3.63, 3.8) is 0 Å². The standard InChI is InChI=1S/C13H19N3/c14-6-11-1-3-12(15-7-11)9-16-8-10-2-4-13(16)5-10/h1,3,7,10,13H,2,4-6,8-9,14H2. The highest BCUT2D eigenvalue weighted by molar-refractivity contribution is 5.14. The third-order valence-electron chi connectivity index (χ3n) is 4.01. The van der Waals surface area contributed by atoms with Gasteiger partial charge < -0.3 is 5.73 Å². The molecule has 0 aromatic carbocycles. The van der Waals surface area contributed by atoms with Gasteiger partial charge in [-0.2, -0.15) is 0 Å². The molecular weight excluding hydrogens is 198 g/mol. The molecule has 3 heteroatoms. The Balaban J connectivity index is 1.65. The van der Waals surface area contributed by atoms with Crippen LogP contribution in [-0.4, -0.2) is 22.5 Å². The first-order valence-corrected chi connectivity index (χ1v) is 6.23. The van der Waals surface area contributed by atoms with Crippen molar-refractivity contribution in [1.29, 1.82) is 0 Å². The Hall–Kier alpha value is -0.930. The van der Waals surface area contributed by atoms with Crippen molar-refractivity contribution in [2.45, 2.75) is 38.4 Å². The first-order valence-electron chi connectivity index (χ1n) is 6.23. The highest BCUT2D eigenvalue weighted by Crippen LogP contribution is 2.37. The molecule has 2 heterocycles. The highest BCUT2D eigenvalue weighted by atomic mass is 15.2. The summed E-state index contributed by atoms with van der Waals surface area (Å²) in [5.41, 5.74) is 7.86. The molecule has 1 saturated carbocycles. The van der Waals surface area contributed by atoms with E-state index in [1.807, 2.05) is 6.20 Å². The van der Waals surface area contributed by atoms with E-state index in [0.29, 0.717) is 6.54 Å². The van der Waals surface area contributed by atoms with Crippen molar-refractivity contribution in [2.24, 2.45) is 11.7 Å². The maximum absolute atomic E-state index is 5.56. The maximum Gasteiger partial charge on any atom is 0.0544 e. The Morgan fingerprint density at radius 2 is 2.31 bits per heavy atom. The topological polar surface area (TPSA) is 42.1 Å². The molecule has 0 radical (unpaired) electrons. The van der Waals surface area contributed by atoms with Crippen LogP contribution in [0.1, 0.15) is 30.5 Å². The lowest BCUT2D eigenvalue weighted by molar-refractivity contribution is 0.203. The molecule has 2 unspecified atom stereocenters. The van der Waals surface area contributed by atoms with E-state index in [9.17, 15) is 0 Å². The van der Waals surface area contributed by atoms with Gasteiger partial charge in [0.05, 0.1) is 5.69 Å². The summed E-state index contributed by atoms with van der Waals surface area (Å²) in [5.74, 6) is 0.966. The molecule has 3 rings (SSSR count). The minimum absolute atomic E-state index is 0.585. The third kappa shape index (κ3) is 1.85. The molecule has 16 heavy (non-hydrogen) atoms. The zero-order chi connectivity index (χ0) is 11.0. The van der Waals surface area contributed by atoms with Gasteiger partial charge in [-0.25, -0.2) is 0 Å². The summed E-state index contributed by atoms with van der Waals surface area (Å²) in [6.45, 7) is 2.89. The van der Waals surface area contributed by atoms with E-state index in [-0.39, 0.29) is 0 Å². The van der Waals surface area contributed by atoms with Gasteiger partial charge in [0.2, 0.25) is 0 Å². The second-order valence-electron chi connectivity index (χ2n) is 5.12. The van der Waals surface area contributed by atoms with Crippen LogP contribution in [0.3, 0.4) is 0 Å². The monoisotopic (exact) mass is 217 g/mol. The van der Waals surface area contributed by atoms with E-state index in [4.69, 9.17) is 5.73 Å². The number of hydrogen-bond donors (Lipinski definition) is 1. The van der Waals surface area contributed by atoms with Gasteiger partial charge in [-0.15, -0.1) is 0 Å². The molecule has 3 nitrogen and oxygen atoms in total. The van der Waals surface area contributed by atoms with Crippen LogP contribution in [0.25, 0.3) is 0 Å². The number of likely N-dealkylation sites (tertiary alicyclic amines) is 1. The van der Waals surface area contributed by atoms with Gasteiger partial charge in [0.15, 0.2) is 0 Å². The Morgan fingerprint density at radius 1 is 1.38 bits per heavy atom. The number of pyridine rings is 1. The molecule has 1 saturated heterocycles. The number of hydrogen-bond acceptors (Lipinski definition) is 3. The van der Waals surface area contributed by atoms with Crippen molar-refractivity contribution in [3.05, 3.63) is 29.6 Å². The molecule has 1 aliphatic heterocycles. The molecular formula is C13H19N3. The zero-order valence-electron chi connectivity index (χ0n) is 9.60. The molecule has 0 spiro atoms. The van der Waals surface area contributed by atoms with Crippen molar-refractivity contribution in [3.8, 4) is 0 Å². The second kappa shape index (κ2) is 4.15. The van der Waals surface area contributed by atoms with Crippen LogP contribution in [0.2, 0.25) is 0 Å². The lowest BCUT2D eigenvalue weighted by Gasteiger charge is -2.26. The molecule has 2 atom stereocenters. The van der Waals surface area contributed by atoms with Gasteiger partial charge in [0, 0.05) is 31.9 Å². The Bertz CT molecular complexity index is 360. The predicted octanol–water partition coefficient (Wildman–Crippen LogP) is 1.52. The molecule has 2 bridgehead atoms. The first-order chi connectivity index (χ1) is 7.85. The fraction of sp³-hybridized carbons (Fsp3) is 0.615. The van der Waals surface area contributed by atoms with Gasteiger partial charge in [-0.1, -0.05) is 6.07 Å². The Morgan fingerprint density at radius 3 is 2.88 bits per heavy atom. The summed E-state index contributed by atoms with van der Waals surface area (Å²) >= 11 is 0. The van der Waals surface area contributed by atoms with Crippen LogP contribution in [0, 0.1) is 5.92 Å². The van der Waals surface area contributed by atoms with Crippen LogP contribution in [-0.2, 0) is 13.1 Å². The van der Waals surface area contributed by atoms with Crippen LogP contribution in [0.15, 0.2) is 18.3 Å². The molecule has 86 valence electrons. The molecule has 1 aliphatic carbocycles. The second-order valence-corrected chi connectivity index (χ2v) is 5.12. The molecule has 2 fully saturated rings. The molecule has 1 aromatic rings. The van der Waals surface area contributed by atoms with Crippen LogP contribution in [0.4, 0.5) is 0 Å². The smallest absolute Gasteiger partial charge is 0.0544 e. The summed E-state index contributed by atoms with van der Waals surface area (Å²) in [5, 5.41) is 0. The number of aromatic nitrogens is 1. The molecule has 2 N–H and O–H groups in total. The predicted molar refractivity (Wildman–Crippen MR) is 63.7 cm³/mol. The van der Waals surface area contributed by atoms with Gasteiger partial charge in [0.25, 0.3) is 0 Å². The van der Waals surface area contributed by atoms with Crippen LogP contribution < -0.4 is 5.73 Å². The van der Waals surface area contributed by atoms with E-state index in [0.717, 1.165) is 24.1 Å². The Labute approximate surface area is 96.7 Å². The normalized spacial score (nSPS) is 28.8. The number of nitrogens with two attached hydrogens (primary N) is 1. The lowest BCUT2D eigenvalue weighted by atomic mass is 10.1. The van der Waals surface area contributed by atoms with Gasteiger partial charge >= 0.3 is 0 Å². The van der Waals surface area contributed by atoms with E-state index >= 15 is 0 Å². The van der Waals surface area contributed by atoms with Crippen LogP contribution in [0.5, 0.6) is 0 Å². The summed E-state index contributed by atoms with van der Waals surface area (Å²) in [6, 6.07) is 5.05. The van der Waals surface area contributed by atoms with Gasteiger partial charge in [0.1, 0.15) is 0 Å². The molecule has 0 amide bonds. The van der Waals surface area contributed by atoms with E-state index in [2.05, 4.69) is 22.0 Å². The number of nitrogens with zero attached hydrogens (tertiary/aromatic N) is 2. The number of rotatable bonds is 3. The first kappa shape index (κ1) is 10.2. The summed E-state index contributed by atoms with van der Waals surface area (Å²) in [6.07, 6.45) is 6.16. The van der Waals surface area contributed by atoms with Crippen molar-refractivity contribution in [1.82, 2.24) is 9.88 Å². The summed E-state index contributed by atoms with van der Waals surface area (Å²) in [4.78, 5) is 7.07. The average molecular weight is 217 g/mol. The SMILES string of the molecule is NCc1ccc(CN2CC3CCC2C3)nc1. The van der Waals surface area contributed by atoms with Crippen molar-refractivity contribution >= 4 is 0 Å². The molecule has 1 aromatic heterocycles. The fourth-order valence-corrected chi connectivity index (χ4v) is 3.10. The highest BCUT2D eigenvalue weighted by Gasteiger charge is 2.37. The summed E-state index contributed by atoms with van der Waals surface area (Å²) in [7, 11) is 0. The summed E-state index contributed by atoms with van der Waals surface area (Å²) < 4.78 is 0. The Kier molecular flexibility index (Phi) is 2.65. The minimum Gasteiger partial charge on any atom is -0.326 e. The fourth-order valence-electron chi connectivity index (χ4n) is 3.10. The van der Waals surface area contributed by atoms with E-state index in [1.54, 1.807) is 0 Å². The zero-order valence-corrected chi connectivity index (χ0v) is 9.60. The van der Waals surface area contributed by atoms with Gasteiger partial charge in [-0.3, -0.25) is 9.88 Å². The van der Waals surface area contributed by atoms with Crippen molar-refractivity contribution in [2.75, 3.05) is 6.54 Å². The lowest BCUT2D eigenvalue weighted by Crippen LogP contribution is -2.31. The quantitative estimate of drug-likeness (QED) is 0.834.